The second-order valence-electron chi connectivity index (χ2n) is 18.5. The third-order valence-corrected chi connectivity index (χ3v) is 12.3. The molecule has 0 aromatic rings. The van der Waals surface area contributed by atoms with Crippen LogP contribution in [0, 0.1) is 0 Å². The highest BCUT2D eigenvalue weighted by Gasteiger charge is 2.28. The van der Waals surface area contributed by atoms with E-state index >= 15 is 0 Å². The zero-order chi connectivity index (χ0) is 45.0. The van der Waals surface area contributed by atoms with Crippen LogP contribution in [-0.2, 0) is 18.4 Å². The van der Waals surface area contributed by atoms with Crippen LogP contribution >= 0.6 is 7.82 Å². The van der Waals surface area contributed by atoms with Gasteiger partial charge in [-0.05, 0) is 51.4 Å². The Morgan fingerprint density at radius 1 is 0.574 bits per heavy atom. The van der Waals surface area contributed by atoms with E-state index in [0.717, 1.165) is 70.6 Å². The number of likely N-dealkylation sites (N-methyl/N-ethyl adjacent to an activating group) is 1. The number of nitrogens with one attached hydrogen (secondary N) is 1. The Balaban J connectivity index is 4.28. The fourth-order valence-corrected chi connectivity index (χ4v) is 8.07. The molecule has 8 nitrogen and oxygen atoms in total. The van der Waals surface area contributed by atoms with Gasteiger partial charge in [0.2, 0.25) is 5.91 Å². The lowest BCUT2D eigenvalue weighted by Crippen LogP contribution is -2.46. The number of hydrogen-bond acceptors (Lipinski definition) is 5. The zero-order valence-electron chi connectivity index (χ0n) is 40.7. The Labute approximate surface area is 378 Å². The lowest BCUT2D eigenvalue weighted by atomic mass is 10.0. The molecule has 0 radical (unpaired) electrons. The number of hydrogen-bond donors (Lipinski definition) is 3. The average molecular weight is 880 g/mol. The molecule has 0 fully saturated rings. The van der Waals surface area contributed by atoms with Crippen LogP contribution < -0.4 is 5.32 Å². The fourth-order valence-electron chi connectivity index (χ4n) is 7.33. The summed E-state index contributed by atoms with van der Waals surface area (Å²) in [5, 5.41) is 14.0. The minimum Gasteiger partial charge on any atom is -0.391 e. The first-order valence-corrected chi connectivity index (χ1v) is 27.0. The molecule has 0 aliphatic rings. The van der Waals surface area contributed by atoms with Gasteiger partial charge in [-0.2, -0.15) is 0 Å². The van der Waals surface area contributed by atoms with Gasteiger partial charge in [0.1, 0.15) is 13.2 Å². The van der Waals surface area contributed by atoms with Crippen molar-refractivity contribution in [1.29, 1.82) is 0 Å². The highest BCUT2D eigenvalue weighted by atomic mass is 31.2. The Bertz CT molecular complexity index is 1130. The van der Waals surface area contributed by atoms with Crippen molar-refractivity contribution in [2.75, 3.05) is 40.9 Å². The van der Waals surface area contributed by atoms with Gasteiger partial charge in [-0.1, -0.05) is 217 Å². The monoisotopic (exact) mass is 880 g/mol. The van der Waals surface area contributed by atoms with Gasteiger partial charge >= 0.3 is 7.82 Å². The third kappa shape index (κ3) is 46.3. The van der Waals surface area contributed by atoms with E-state index in [1.807, 2.05) is 21.1 Å². The van der Waals surface area contributed by atoms with Crippen LogP contribution in [-0.4, -0.2) is 73.4 Å². The number of allylic oxidation sites excluding steroid dienone is 8. The van der Waals surface area contributed by atoms with Crippen molar-refractivity contribution in [3.8, 4) is 0 Å². The minimum absolute atomic E-state index is 0.0716. The van der Waals surface area contributed by atoms with Gasteiger partial charge in [-0.15, -0.1) is 0 Å². The van der Waals surface area contributed by atoms with Gasteiger partial charge in [-0.3, -0.25) is 13.8 Å². The Morgan fingerprint density at radius 3 is 1.44 bits per heavy atom. The molecule has 0 aromatic heterocycles. The summed E-state index contributed by atoms with van der Waals surface area (Å²) in [4.78, 5) is 23.3. The number of carbonyl (C=O) groups is 1. The standard InChI is InChI=1S/C52H99N2O6P/c1-6-8-10-12-14-16-18-20-22-24-26-27-28-30-32-34-36-38-40-42-44-46-52(56)53-50(49-60-61(57,58)59-48-47-54(3,4)5)51(55)45-43-41-39-37-35-33-31-29-25-23-21-19-17-15-13-11-9-7-2/h8,10,14,16,20,22,26-27,50-51,55H,6-7,9,11-13,15,17-19,21,23-25,28-49H2,1-5H3,(H-,53,56,57,58)/p+1/b10-8-,16-14-,22-20-,27-26-. The van der Waals surface area contributed by atoms with E-state index in [1.165, 1.54) is 128 Å². The van der Waals surface area contributed by atoms with Crippen molar-refractivity contribution in [3.05, 3.63) is 48.6 Å². The van der Waals surface area contributed by atoms with Crippen LogP contribution in [0.4, 0.5) is 0 Å². The molecule has 0 heterocycles. The molecule has 0 spiro atoms. The maximum Gasteiger partial charge on any atom is 0.472 e. The molecule has 358 valence electrons. The summed E-state index contributed by atoms with van der Waals surface area (Å²) in [6, 6.07) is -0.766. The van der Waals surface area contributed by atoms with Crippen molar-refractivity contribution in [2.24, 2.45) is 0 Å². The van der Waals surface area contributed by atoms with Crippen molar-refractivity contribution < 1.29 is 32.9 Å². The van der Waals surface area contributed by atoms with E-state index < -0.39 is 20.0 Å². The molecule has 3 N–H and O–H groups in total. The van der Waals surface area contributed by atoms with E-state index in [4.69, 9.17) is 9.05 Å². The number of aliphatic hydroxyl groups excluding tert-OH is 1. The van der Waals surface area contributed by atoms with Crippen LogP contribution in [0.2, 0.25) is 0 Å². The van der Waals surface area contributed by atoms with Gasteiger partial charge < -0.3 is 19.8 Å². The fraction of sp³-hybridized carbons (Fsp3) is 0.827. The summed E-state index contributed by atoms with van der Waals surface area (Å²) in [5.41, 5.74) is 0. The molecular weight excluding hydrogens is 780 g/mol. The summed E-state index contributed by atoms with van der Waals surface area (Å²) in [5.74, 6) is -0.153. The van der Waals surface area contributed by atoms with Crippen LogP contribution in [0.25, 0.3) is 0 Å². The molecular formula is C52H100N2O6P+. The smallest absolute Gasteiger partial charge is 0.391 e. The zero-order valence-corrected chi connectivity index (χ0v) is 41.5. The van der Waals surface area contributed by atoms with Crippen molar-refractivity contribution >= 4 is 13.7 Å². The quantitative estimate of drug-likeness (QED) is 0.0243. The first-order valence-electron chi connectivity index (χ1n) is 25.5. The Hall–Kier alpha value is -1.54. The molecule has 0 saturated carbocycles. The maximum atomic E-state index is 13.0. The summed E-state index contributed by atoms with van der Waals surface area (Å²) in [6.45, 7) is 4.78. The van der Waals surface area contributed by atoms with Crippen LogP contribution in [0.5, 0.6) is 0 Å². The first kappa shape index (κ1) is 59.5. The molecule has 0 aromatic carbocycles. The van der Waals surface area contributed by atoms with Gasteiger partial charge in [0.25, 0.3) is 0 Å². The lowest BCUT2D eigenvalue weighted by molar-refractivity contribution is -0.870. The molecule has 0 bridgehead atoms. The van der Waals surface area contributed by atoms with Gasteiger partial charge in [0.05, 0.1) is 39.9 Å². The van der Waals surface area contributed by atoms with Gasteiger partial charge in [0.15, 0.2) is 0 Å². The summed E-state index contributed by atoms with van der Waals surface area (Å²) < 4.78 is 23.7. The largest absolute Gasteiger partial charge is 0.472 e. The molecule has 0 rings (SSSR count). The number of unbranched alkanes of at least 4 members (excludes halogenated alkanes) is 25. The molecule has 0 saturated heterocycles. The number of quaternary nitrogens is 1. The summed E-state index contributed by atoms with van der Waals surface area (Å²) in [7, 11) is 1.61. The number of amides is 1. The predicted octanol–water partition coefficient (Wildman–Crippen LogP) is 14.8. The molecule has 0 aliphatic carbocycles. The van der Waals surface area contributed by atoms with Crippen molar-refractivity contribution in [2.45, 2.75) is 238 Å². The molecule has 0 aliphatic heterocycles. The SMILES string of the molecule is CC/C=C\C/C=C\C/C=C\C/C=C\CCCCCCCCCCC(=O)NC(COP(=O)(O)OCC[N+](C)(C)C)C(O)CCCCCCCCCCCCCCCCCCCC. The number of phosphoric acid groups is 1. The number of rotatable bonds is 46. The van der Waals surface area contributed by atoms with Crippen molar-refractivity contribution in [3.63, 3.8) is 0 Å². The van der Waals surface area contributed by atoms with E-state index in [-0.39, 0.29) is 19.1 Å². The lowest BCUT2D eigenvalue weighted by Gasteiger charge is -2.26. The highest BCUT2D eigenvalue weighted by Crippen LogP contribution is 2.43. The van der Waals surface area contributed by atoms with E-state index in [9.17, 15) is 19.4 Å². The summed E-state index contributed by atoms with van der Waals surface area (Å²) >= 11 is 0. The van der Waals surface area contributed by atoms with Crippen LogP contribution in [0.3, 0.4) is 0 Å². The average Bonchev–Trinajstić information content (AvgIpc) is 3.21. The van der Waals surface area contributed by atoms with Gasteiger partial charge in [0, 0.05) is 6.42 Å². The molecule has 9 heteroatoms. The van der Waals surface area contributed by atoms with E-state index in [1.54, 1.807) is 0 Å². The number of phosphoric ester groups is 1. The Morgan fingerprint density at radius 2 is 0.984 bits per heavy atom. The minimum atomic E-state index is -4.32. The van der Waals surface area contributed by atoms with Gasteiger partial charge in [-0.25, -0.2) is 4.57 Å². The Kier molecular flexibility index (Phi) is 42.6. The number of carbonyl (C=O) groups excluding carboxylic acids is 1. The summed E-state index contributed by atoms with van der Waals surface area (Å²) in [6.07, 6.45) is 55.7. The topological polar surface area (TPSA) is 105 Å². The van der Waals surface area contributed by atoms with Crippen LogP contribution in [0.1, 0.15) is 226 Å². The normalized spacial score (nSPS) is 14.5. The molecule has 3 unspecified atom stereocenters. The predicted molar refractivity (Wildman–Crippen MR) is 263 cm³/mol. The molecule has 61 heavy (non-hydrogen) atoms. The number of nitrogens with zero attached hydrogens (tertiary/aromatic N) is 1. The second kappa shape index (κ2) is 43.7. The molecule has 3 atom stereocenters. The van der Waals surface area contributed by atoms with E-state index in [2.05, 4.69) is 67.8 Å². The highest BCUT2D eigenvalue weighted by molar-refractivity contribution is 7.47. The second-order valence-corrected chi connectivity index (χ2v) is 20.0. The third-order valence-electron chi connectivity index (χ3n) is 11.3. The maximum absolute atomic E-state index is 13.0. The van der Waals surface area contributed by atoms with Crippen LogP contribution in [0.15, 0.2) is 48.6 Å². The van der Waals surface area contributed by atoms with E-state index in [0.29, 0.717) is 23.9 Å². The van der Waals surface area contributed by atoms with Crippen molar-refractivity contribution in [1.82, 2.24) is 5.32 Å². The first-order chi connectivity index (χ1) is 29.5. The molecule has 1 amide bonds. The number of aliphatic hydroxyl groups is 1.